The summed E-state index contributed by atoms with van der Waals surface area (Å²) in [4.78, 5) is 22.0. The van der Waals surface area contributed by atoms with Crippen molar-refractivity contribution >= 4 is 5.97 Å². The Balaban J connectivity index is 1.77. The maximum Gasteiger partial charge on any atom is 0.323 e. The van der Waals surface area contributed by atoms with Crippen LogP contribution in [0.25, 0.3) is 11.3 Å². The van der Waals surface area contributed by atoms with Crippen molar-refractivity contribution in [2.45, 2.75) is 45.2 Å². The molecule has 1 N–H and O–H groups in total. The first-order valence-electron chi connectivity index (χ1n) is 8.84. The Morgan fingerprint density at radius 1 is 1.48 bits per heavy atom. The van der Waals surface area contributed by atoms with Crippen LogP contribution in [0.3, 0.4) is 0 Å². The number of ether oxygens (including phenoxy) is 1. The van der Waals surface area contributed by atoms with Crippen LogP contribution in [0.15, 0.2) is 30.5 Å². The Hall–Kier alpha value is -2.21. The molecule has 1 aliphatic rings. The summed E-state index contributed by atoms with van der Waals surface area (Å²) in [6.45, 7) is 5.11. The number of hydrogen-bond acceptors (Lipinski definition) is 4. The van der Waals surface area contributed by atoms with Crippen LogP contribution in [0.5, 0.6) is 0 Å². The first-order valence-corrected chi connectivity index (χ1v) is 8.84. The molecule has 2 heterocycles. The van der Waals surface area contributed by atoms with Gasteiger partial charge in [-0.1, -0.05) is 19.1 Å². The molecule has 0 bridgehead atoms. The highest BCUT2D eigenvalue weighted by molar-refractivity contribution is 5.75. The number of rotatable bonds is 6. The van der Waals surface area contributed by atoms with Gasteiger partial charge in [0, 0.05) is 5.56 Å². The Morgan fingerprint density at radius 2 is 2.28 bits per heavy atom. The van der Waals surface area contributed by atoms with Crippen molar-refractivity contribution < 1.29 is 13.9 Å². The maximum absolute atomic E-state index is 14.0. The van der Waals surface area contributed by atoms with E-state index >= 15 is 0 Å². The van der Waals surface area contributed by atoms with E-state index in [2.05, 4.69) is 14.9 Å². The predicted octanol–water partition coefficient (Wildman–Crippen LogP) is 3.69. The summed E-state index contributed by atoms with van der Waals surface area (Å²) in [7, 11) is 0. The van der Waals surface area contributed by atoms with Gasteiger partial charge in [-0.15, -0.1) is 0 Å². The zero-order valence-corrected chi connectivity index (χ0v) is 14.7. The number of benzene rings is 1. The predicted molar refractivity (Wildman–Crippen MR) is 93.4 cm³/mol. The smallest absolute Gasteiger partial charge is 0.323 e. The van der Waals surface area contributed by atoms with E-state index in [0.29, 0.717) is 17.9 Å². The van der Waals surface area contributed by atoms with Gasteiger partial charge < -0.3 is 9.72 Å². The highest BCUT2D eigenvalue weighted by Crippen LogP contribution is 2.33. The molecule has 0 unspecified atom stereocenters. The number of aromatic amines is 1. The SMILES string of the molecule is CCCOC(=O)[C@@H](C)N1CCC[C@H]1c1ncc(-c2ccccc2F)[nH]1. The van der Waals surface area contributed by atoms with Crippen LogP contribution in [0.4, 0.5) is 4.39 Å². The molecule has 0 aliphatic carbocycles. The van der Waals surface area contributed by atoms with E-state index in [1.807, 2.05) is 13.8 Å². The van der Waals surface area contributed by atoms with Gasteiger partial charge in [-0.05, 0) is 44.9 Å². The third-order valence-electron chi connectivity index (χ3n) is 4.66. The Morgan fingerprint density at radius 3 is 3.04 bits per heavy atom. The third kappa shape index (κ3) is 3.74. The summed E-state index contributed by atoms with van der Waals surface area (Å²) in [5.41, 5.74) is 1.15. The van der Waals surface area contributed by atoms with Crippen molar-refractivity contribution in [3.8, 4) is 11.3 Å². The lowest BCUT2D eigenvalue weighted by Gasteiger charge is -2.28. The van der Waals surface area contributed by atoms with Crippen molar-refractivity contribution in [3.05, 3.63) is 42.1 Å². The monoisotopic (exact) mass is 345 g/mol. The molecule has 0 amide bonds. The number of likely N-dealkylation sites (tertiary alicyclic amines) is 1. The van der Waals surface area contributed by atoms with E-state index in [1.165, 1.54) is 6.07 Å². The lowest BCUT2D eigenvalue weighted by molar-refractivity contribution is -0.149. The molecule has 1 saturated heterocycles. The number of aromatic nitrogens is 2. The second-order valence-corrected chi connectivity index (χ2v) is 6.40. The second-order valence-electron chi connectivity index (χ2n) is 6.40. The molecule has 1 aliphatic heterocycles. The van der Waals surface area contributed by atoms with Gasteiger partial charge in [0.05, 0.1) is 24.5 Å². The summed E-state index contributed by atoms with van der Waals surface area (Å²) in [6.07, 6.45) is 4.37. The molecule has 1 aromatic heterocycles. The minimum absolute atomic E-state index is 0.0182. The van der Waals surface area contributed by atoms with Gasteiger partial charge in [0.15, 0.2) is 0 Å². The molecule has 3 rings (SSSR count). The van der Waals surface area contributed by atoms with Gasteiger partial charge >= 0.3 is 5.97 Å². The average molecular weight is 345 g/mol. The molecule has 2 aromatic rings. The van der Waals surface area contributed by atoms with Crippen molar-refractivity contribution in [2.24, 2.45) is 0 Å². The number of nitrogens with one attached hydrogen (secondary N) is 1. The molecule has 0 radical (unpaired) electrons. The minimum Gasteiger partial charge on any atom is -0.465 e. The molecule has 1 aromatic carbocycles. The fourth-order valence-corrected chi connectivity index (χ4v) is 3.33. The van der Waals surface area contributed by atoms with Gasteiger partial charge in [-0.3, -0.25) is 9.69 Å². The van der Waals surface area contributed by atoms with Gasteiger partial charge in [0.25, 0.3) is 0 Å². The molecule has 0 spiro atoms. The lowest BCUT2D eigenvalue weighted by atomic mass is 10.1. The van der Waals surface area contributed by atoms with Gasteiger partial charge in [0.2, 0.25) is 0 Å². The van der Waals surface area contributed by atoms with E-state index in [0.717, 1.165) is 31.6 Å². The van der Waals surface area contributed by atoms with Crippen molar-refractivity contribution in [1.29, 1.82) is 0 Å². The standard InChI is InChI=1S/C19H24FN3O2/c1-3-11-25-19(24)13(2)23-10-6-9-17(23)18-21-12-16(22-18)14-7-4-5-8-15(14)20/h4-5,7-8,12-13,17H,3,6,9-11H2,1-2H3,(H,21,22)/t13-,17+/m1/s1. The first-order chi connectivity index (χ1) is 12.1. The van der Waals surface area contributed by atoms with Crippen LogP contribution in [-0.2, 0) is 9.53 Å². The fourth-order valence-electron chi connectivity index (χ4n) is 3.33. The normalized spacial score (nSPS) is 19.1. The van der Waals surface area contributed by atoms with Gasteiger partial charge in [-0.25, -0.2) is 9.37 Å². The molecule has 25 heavy (non-hydrogen) atoms. The van der Waals surface area contributed by atoms with E-state index < -0.39 is 0 Å². The number of imidazole rings is 1. The number of H-pyrrole nitrogens is 1. The number of carbonyl (C=O) groups excluding carboxylic acids is 1. The van der Waals surface area contributed by atoms with Crippen LogP contribution in [0, 0.1) is 5.82 Å². The van der Waals surface area contributed by atoms with Crippen LogP contribution in [-0.4, -0.2) is 40.0 Å². The van der Waals surface area contributed by atoms with E-state index in [9.17, 15) is 9.18 Å². The summed E-state index contributed by atoms with van der Waals surface area (Å²) >= 11 is 0. The van der Waals surface area contributed by atoms with E-state index in [-0.39, 0.29) is 23.9 Å². The highest BCUT2D eigenvalue weighted by atomic mass is 19.1. The second kappa shape index (κ2) is 7.78. The van der Waals surface area contributed by atoms with Gasteiger partial charge in [-0.2, -0.15) is 0 Å². The Kier molecular flexibility index (Phi) is 5.48. The van der Waals surface area contributed by atoms with E-state index in [4.69, 9.17) is 4.74 Å². The fraction of sp³-hybridized carbons (Fsp3) is 0.474. The van der Waals surface area contributed by atoms with Gasteiger partial charge in [0.1, 0.15) is 17.7 Å². The topological polar surface area (TPSA) is 58.2 Å². The summed E-state index contributed by atoms with van der Waals surface area (Å²) in [5, 5.41) is 0. The molecule has 1 fully saturated rings. The molecular formula is C19H24FN3O2. The Bertz CT molecular complexity index is 731. The van der Waals surface area contributed by atoms with Crippen molar-refractivity contribution in [3.63, 3.8) is 0 Å². The average Bonchev–Trinajstić information content (AvgIpc) is 3.28. The van der Waals surface area contributed by atoms with Crippen molar-refractivity contribution in [2.75, 3.05) is 13.2 Å². The quantitative estimate of drug-likeness (QED) is 0.811. The molecule has 5 nitrogen and oxygen atoms in total. The summed E-state index contributed by atoms with van der Waals surface area (Å²) in [6, 6.07) is 6.32. The number of esters is 1. The zero-order valence-electron chi connectivity index (χ0n) is 14.7. The lowest BCUT2D eigenvalue weighted by Crippen LogP contribution is -2.40. The molecular weight excluding hydrogens is 321 g/mol. The van der Waals surface area contributed by atoms with Crippen molar-refractivity contribution in [1.82, 2.24) is 14.9 Å². The third-order valence-corrected chi connectivity index (χ3v) is 4.66. The van der Waals surface area contributed by atoms with Crippen LogP contribution < -0.4 is 0 Å². The molecule has 6 heteroatoms. The molecule has 134 valence electrons. The summed E-state index contributed by atoms with van der Waals surface area (Å²) in [5.74, 6) is 0.290. The Labute approximate surface area is 147 Å². The van der Waals surface area contributed by atoms with E-state index in [1.54, 1.807) is 24.4 Å². The summed E-state index contributed by atoms with van der Waals surface area (Å²) < 4.78 is 19.3. The largest absolute Gasteiger partial charge is 0.465 e. The maximum atomic E-state index is 14.0. The van der Waals surface area contributed by atoms with Crippen LogP contribution >= 0.6 is 0 Å². The minimum atomic E-state index is -0.318. The van der Waals surface area contributed by atoms with Crippen LogP contribution in [0.2, 0.25) is 0 Å². The zero-order chi connectivity index (χ0) is 17.8. The number of carbonyl (C=O) groups is 1. The molecule has 2 atom stereocenters. The van der Waals surface area contributed by atoms with Crippen LogP contribution in [0.1, 0.15) is 45.0 Å². The number of nitrogens with zero attached hydrogens (tertiary/aromatic N) is 2. The number of halogens is 1. The highest BCUT2D eigenvalue weighted by Gasteiger charge is 2.35. The molecule has 0 saturated carbocycles. The first kappa shape index (κ1) is 17.6. The number of hydrogen-bond donors (Lipinski definition) is 1.